The summed E-state index contributed by atoms with van der Waals surface area (Å²) in [4.78, 5) is 14.2. The summed E-state index contributed by atoms with van der Waals surface area (Å²) in [5.41, 5.74) is 0.264. The molecule has 0 bridgehead atoms. The third-order valence-corrected chi connectivity index (χ3v) is 3.92. The number of benzene rings is 1. The highest BCUT2D eigenvalue weighted by molar-refractivity contribution is 5.97. The van der Waals surface area contributed by atoms with Gasteiger partial charge >= 0.3 is 0 Å². The molecule has 96 valence electrons. The number of nitrogens with zero attached hydrogens (tertiary/aromatic N) is 1. The number of phenolic OH excluding ortho intramolecular Hbond substituents is 2. The molecule has 0 spiro atoms. The molecule has 5 nitrogen and oxygen atoms in total. The summed E-state index contributed by atoms with van der Waals surface area (Å²) in [6, 6.07) is 4.34. The van der Waals surface area contributed by atoms with Crippen molar-refractivity contribution in [2.75, 3.05) is 19.6 Å². The van der Waals surface area contributed by atoms with Crippen LogP contribution in [-0.4, -0.2) is 46.7 Å². The van der Waals surface area contributed by atoms with E-state index >= 15 is 0 Å². The van der Waals surface area contributed by atoms with Crippen molar-refractivity contribution in [1.82, 2.24) is 10.2 Å². The van der Waals surface area contributed by atoms with Crippen LogP contribution in [0.1, 0.15) is 16.8 Å². The van der Waals surface area contributed by atoms with Crippen LogP contribution in [0.2, 0.25) is 0 Å². The average Bonchev–Trinajstić information content (AvgIpc) is 2.89. The molecular formula is C13H16N2O3. The molecule has 2 aliphatic heterocycles. The SMILES string of the molecule is O=C(c1ccc(O)cc1O)N1CC[C@@H]2CNC[C@@H]21. The molecule has 0 aliphatic carbocycles. The topological polar surface area (TPSA) is 72.8 Å². The highest BCUT2D eigenvalue weighted by Crippen LogP contribution is 2.31. The summed E-state index contributed by atoms with van der Waals surface area (Å²) >= 11 is 0. The lowest BCUT2D eigenvalue weighted by Gasteiger charge is -2.23. The van der Waals surface area contributed by atoms with Crippen LogP contribution in [0, 0.1) is 5.92 Å². The number of hydrogen-bond donors (Lipinski definition) is 3. The number of likely N-dealkylation sites (tertiary alicyclic amines) is 1. The Labute approximate surface area is 105 Å². The van der Waals surface area contributed by atoms with Crippen molar-refractivity contribution >= 4 is 5.91 Å². The lowest BCUT2D eigenvalue weighted by molar-refractivity contribution is 0.0734. The van der Waals surface area contributed by atoms with Crippen LogP contribution in [0.15, 0.2) is 18.2 Å². The van der Waals surface area contributed by atoms with Crippen LogP contribution >= 0.6 is 0 Å². The summed E-state index contributed by atoms with van der Waals surface area (Å²) in [6.45, 7) is 2.54. The minimum atomic E-state index is -0.158. The molecule has 1 aromatic rings. The van der Waals surface area contributed by atoms with Crippen LogP contribution in [0.5, 0.6) is 11.5 Å². The van der Waals surface area contributed by atoms with E-state index in [9.17, 15) is 15.0 Å². The van der Waals surface area contributed by atoms with Crippen LogP contribution in [0.3, 0.4) is 0 Å². The zero-order valence-electron chi connectivity index (χ0n) is 9.97. The van der Waals surface area contributed by atoms with Gasteiger partial charge < -0.3 is 20.4 Å². The van der Waals surface area contributed by atoms with Gasteiger partial charge in [-0.15, -0.1) is 0 Å². The summed E-state index contributed by atoms with van der Waals surface area (Å²) < 4.78 is 0. The fourth-order valence-corrected chi connectivity index (χ4v) is 2.96. The van der Waals surface area contributed by atoms with Crippen LogP contribution < -0.4 is 5.32 Å². The van der Waals surface area contributed by atoms with E-state index < -0.39 is 0 Å². The second-order valence-corrected chi connectivity index (χ2v) is 4.97. The van der Waals surface area contributed by atoms with Gasteiger partial charge in [0.2, 0.25) is 0 Å². The fraction of sp³-hybridized carbons (Fsp3) is 0.462. The number of hydrogen-bond acceptors (Lipinski definition) is 4. The van der Waals surface area contributed by atoms with Gasteiger partial charge in [-0.3, -0.25) is 4.79 Å². The number of aromatic hydroxyl groups is 2. The van der Waals surface area contributed by atoms with Crippen molar-refractivity contribution in [1.29, 1.82) is 0 Å². The van der Waals surface area contributed by atoms with Crippen LogP contribution in [-0.2, 0) is 0 Å². The van der Waals surface area contributed by atoms with Gasteiger partial charge in [0.25, 0.3) is 5.91 Å². The van der Waals surface area contributed by atoms with Crippen molar-refractivity contribution in [3.8, 4) is 11.5 Å². The van der Waals surface area contributed by atoms with E-state index in [1.54, 1.807) is 0 Å². The lowest BCUT2D eigenvalue weighted by Crippen LogP contribution is -2.39. The zero-order valence-corrected chi connectivity index (χ0v) is 9.97. The largest absolute Gasteiger partial charge is 0.508 e. The molecule has 0 aromatic heterocycles. The standard InChI is InChI=1S/C13H16N2O3/c16-9-1-2-10(12(17)5-9)13(18)15-4-3-8-6-14-7-11(8)15/h1-2,5,8,11,14,16-17H,3-4,6-7H2/t8-,11+/m1/s1. The molecular weight excluding hydrogens is 232 g/mol. The van der Waals surface area contributed by atoms with Crippen molar-refractivity contribution in [2.24, 2.45) is 5.92 Å². The molecule has 5 heteroatoms. The smallest absolute Gasteiger partial charge is 0.257 e. The molecule has 2 fully saturated rings. The molecule has 18 heavy (non-hydrogen) atoms. The Morgan fingerprint density at radius 2 is 2.17 bits per heavy atom. The third kappa shape index (κ3) is 1.71. The van der Waals surface area contributed by atoms with Gasteiger partial charge in [-0.2, -0.15) is 0 Å². The fourth-order valence-electron chi connectivity index (χ4n) is 2.96. The minimum absolute atomic E-state index is 0.0362. The molecule has 0 unspecified atom stereocenters. The Balaban J connectivity index is 1.86. The van der Waals surface area contributed by atoms with E-state index in [1.807, 2.05) is 4.90 Å². The first-order chi connectivity index (χ1) is 8.66. The number of carbonyl (C=O) groups is 1. The first kappa shape index (κ1) is 11.3. The van der Waals surface area contributed by atoms with Crippen LogP contribution in [0.25, 0.3) is 0 Å². The molecule has 1 aromatic carbocycles. The van der Waals surface area contributed by atoms with Gasteiger partial charge in [0, 0.05) is 31.7 Å². The summed E-state index contributed by atoms with van der Waals surface area (Å²) in [5, 5.41) is 22.3. The predicted octanol–water partition coefficient (Wildman–Crippen LogP) is 0.532. The normalized spacial score (nSPS) is 26.3. The van der Waals surface area contributed by atoms with Gasteiger partial charge in [-0.25, -0.2) is 0 Å². The summed E-state index contributed by atoms with van der Waals surface area (Å²) in [5.74, 6) is 0.192. The van der Waals surface area contributed by atoms with E-state index in [4.69, 9.17) is 0 Å². The Morgan fingerprint density at radius 3 is 2.94 bits per heavy atom. The molecule has 0 saturated carbocycles. The molecule has 3 N–H and O–H groups in total. The maximum Gasteiger partial charge on any atom is 0.257 e. The predicted molar refractivity (Wildman–Crippen MR) is 65.6 cm³/mol. The summed E-state index contributed by atoms with van der Waals surface area (Å²) in [7, 11) is 0. The first-order valence-corrected chi connectivity index (χ1v) is 6.20. The molecule has 2 heterocycles. The van der Waals surface area contributed by atoms with Gasteiger partial charge in [0.15, 0.2) is 0 Å². The van der Waals surface area contributed by atoms with Crippen molar-refractivity contribution in [3.05, 3.63) is 23.8 Å². The number of carbonyl (C=O) groups excluding carboxylic acids is 1. The number of rotatable bonds is 1. The van der Waals surface area contributed by atoms with Crippen molar-refractivity contribution in [2.45, 2.75) is 12.5 Å². The highest BCUT2D eigenvalue weighted by Gasteiger charge is 2.40. The lowest BCUT2D eigenvalue weighted by atomic mass is 10.0. The molecule has 0 radical (unpaired) electrons. The van der Waals surface area contributed by atoms with Gasteiger partial charge in [0.05, 0.1) is 5.56 Å². The third-order valence-electron chi connectivity index (χ3n) is 3.92. The van der Waals surface area contributed by atoms with E-state index in [1.165, 1.54) is 18.2 Å². The van der Waals surface area contributed by atoms with E-state index in [2.05, 4.69) is 5.32 Å². The number of phenols is 2. The second kappa shape index (κ2) is 4.17. The Kier molecular flexibility index (Phi) is 2.63. The number of amides is 1. The van der Waals surface area contributed by atoms with E-state index in [0.717, 1.165) is 26.1 Å². The maximum absolute atomic E-state index is 12.4. The molecule has 2 saturated heterocycles. The summed E-state index contributed by atoms with van der Waals surface area (Å²) in [6.07, 6.45) is 1.02. The molecule has 3 rings (SSSR count). The Bertz CT molecular complexity index is 489. The number of nitrogens with one attached hydrogen (secondary N) is 1. The Morgan fingerprint density at radius 1 is 1.33 bits per heavy atom. The minimum Gasteiger partial charge on any atom is -0.508 e. The van der Waals surface area contributed by atoms with Gasteiger partial charge in [-0.1, -0.05) is 0 Å². The van der Waals surface area contributed by atoms with E-state index in [-0.39, 0.29) is 29.0 Å². The number of fused-ring (bicyclic) bond motifs is 1. The Hall–Kier alpha value is -1.75. The van der Waals surface area contributed by atoms with Gasteiger partial charge in [-0.05, 0) is 24.5 Å². The molecule has 1 amide bonds. The highest BCUT2D eigenvalue weighted by atomic mass is 16.3. The second-order valence-electron chi connectivity index (χ2n) is 4.97. The average molecular weight is 248 g/mol. The quantitative estimate of drug-likeness (QED) is 0.678. The molecule has 2 atom stereocenters. The van der Waals surface area contributed by atoms with E-state index in [0.29, 0.717) is 5.92 Å². The van der Waals surface area contributed by atoms with Crippen molar-refractivity contribution in [3.63, 3.8) is 0 Å². The van der Waals surface area contributed by atoms with Gasteiger partial charge in [0.1, 0.15) is 11.5 Å². The zero-order chi connectivity index (χ0) is 12.7. The first-order valence-electron chi connectivity index (χ1n) is 6.20. The van der Waals surface area contributed by atoms with Crippen molar-refractivity contribution < 1.29 is 15.0 Å². The maximum atomic E-state index is 12.4. The monoisotopic (exact) mass is 248 g/mol. The van der Waals surface area contributed by atoms with Crippen LogP contribution in [0.4, 0.5) is 0 Å². The molecule has 2 aliphatic rings.